The molecule has 0 bridgehead atoms. The van der Waals surface area contributed by atoms with Crippen molar-refractivity contribution in [1.82, 2.24) is 15.6 Å². The third-order valence-electron chi connectivity index (χ3n) is 12.6. The molecule has 0 radical (unpaired) electrons. The summed E-state index contributed by atoms with van der Waals surface area (Å²) < 4.78 is 12.9. The average molecular weight is 771 g/mol. The number of esters is 1. The van der Waals surface area contributed by atoms with Gasteiger partial charge in [-0.05, 0) is 125 Å². The van der Waals surface area contributed by atoms with Gasteiger partial charge in [0.2, 0.25) is 5.78 Å². The Morgan fingerprint density at radius 3 is 2.70 bits per heavy atom. The monoisotopic (exact) mass is 770 g/mol. The topological polar surface area (TPSA) is 162 Å². The maximum Gasteiger partial charge on any atom is 0.350 e. The number of nitrogens with one attached hydrogen (secondary N) is 3. The first-order valence-electron chi connectivity index (χ1n) is 20.8. The van der Waals surface area contributed by atoms with E-state index in [1.807, 2.05) is 46.0 Å². The number of hydrogen-bond acceptors (Lipinski definition) is 11. The molecule has 6 rings (SSSR count). The second kappa shape index (κ2) is 18.2. The normalized spacial score (nSPS) is 27.6. The van der Waals surface area contributed by atoms with Gasteiger partial charge >= 0.3 is 5.97 Å². The van der Waals surface area contributed by atoms with E-state index >= 15 is 4.79 Å². The number of pyridine rings is 1. The number of carbonyl (C=O) groups excluding carboxylic acids is 3. The molecule has 56 heavy (non-hydrogen) atoms. The molecule has 11 nitrogen and oxygen atoms in total. The Morgan fingerprint density at radius 1 is 1.14 bits per heavy atom. The maximum absolute atomic E-state index is 15.0. The lowest BCUT2D eigenvalue weighted by molar-refractivity contribution is -0.159. The minimum atomic E-state index is -2.18. The first-order chi connectivity index (χ1) is 27.0. The number of aromatic nitrogens is 1. The van der Waals surface area contributed by atoms with Crippen LogP contribution in [0.2, 0.25) is 0 Å². The molecule has 5 N–H and O–H groups in total. The van der Waals surface area contributed by atoms with Gasteiger partial charge in [0, 0.05) is 42.3 Å². The number of benzene rings is 1. The van der Waals surface area contributed by atoms with Gasteiger partial charge in [0.1, 0.15) is 11.9 Å². The van der Waals surface area contributed by atoms with E-state index in [-0.39, 0.29) is 48.6 Å². The highest BCUT2D eigenvalue weighted by Gasteiger charge is 2.86. The lowest BCUT2D eigenvalue weighted by Crippen LogP contribution is -2.54. The Balaban J connectivity index is 1.35. The molecule has 2 aromatic rings. The van der Waals surface area contributed by atoms with Crippen molar-refractivity contribution in [2.75, 3.05) is 38.8 Å². The van der Waals surface area contributed by atoms with Gasteiger partial charge in [0.05, 0.1) is 13.3 Å². The molecule has 4 aliphatic rings. The zero-order chi connectivity index (χ0) is 40.0. The van der Waals surface area contributed by atoms with Crippen molar-refractivity contribution in [2.24, 2.45) is 23.7 Å². The lowest BCUT2D eigenvalue weighted by Gasteiger charge is -2.45. The molecule has 3 aliphatic carbocycles. The van der Waals surface area contributed by atoms with Crippen molar-refractivity contribution >= 4 is 23.4 Å². The summed E-state index contributed by atoms with van der Waals surface area (Å²) in [6.45, 7) is 8.99. The fraction of sp³-hybridized carbons (Fsp3) is 0.600. The quantitative estimate of drug-likeness (QED) is 0.0390. The van der Waals surface area contributed by atoms with E-state index in [9.17, 15) is 19.8 Å². The highest BCUT2D eigenvalue weighted by atomic mass is 16.7. The number of aliphatic hydroxyl groups excluding tert-OH is 2. The minimum Gasteiger partial charge on any atom is -0.459 e. The van der Waals surface area contributed by atoms with Crippen molar-refractivity contribution in [3.63, 3.8) is 0 Å². The number of ether oxygens (including phenoxy) is 2. The molecular formula is C45H62N4O7. The van der Waals surface area contributed by atoms with Gasteiger partial charge in [0.15, 0.2) is 11.4 Å². The van der Waals surface area contributed by atoms with Gasteiger partial charge in [-0.1, -0.05) is 56.7 Å². The SMILES string of the molecule is CCN[C@H]1C[C@H]2C=CCC[C@H]2C[C@@H]1[C@H](CCCO)OC(=O)[C@]12O[C@@]1(C/C(CO)=C(\C)CCc1ccnc(NCNC)c1)C(=O)c1cccc(CC(C)C)c1C2=O. The number of hydrogen-bond donors (Lipinski definition) is 5. The van der Waals surface area contributed by atoms with Crippen molar-refractivity contribution in [1.29, 1.82) is 0 Å². The minimum absolute atomic E-state index is 0.0433. The Hall–Kier alpha value is -3.74. The molecule has 304 valence electrons. The molecule has 1 aliphatic heterocycles. The van der Waals surface area contributed by atoms with Gasteiger partial charge in [-0.15, -0.1) is 0 Å². The molecule has 1 saturated heterocycles. The molecular weight excluding hydrogens is 709 g/mol. The van der Waals surface area contributed by atoms with Gasteiger partial charge < -0.3 is 35.6 Å². The van der Waals surface area contributed by atoms with Gasteiger partial charge in [-0.25, -0.2) is 9.78 Å². The Bertz CT molecular complexity index is 1810. The van der Waals surface area contributed by atoms with E-state index in [1.54, 1.807) is 18.3 Å². The van der Waals surface area contributed by atoms with Crippen LogP contribution in [0.15, 0.2) is 59.8 Å². The van der Waals surface area contributed by atoms with E-state index in [1.165, 1.54) is 0 Å². The summed E-state index contributed by atoms with van der Waals surface area (Å²) in [6, 6.07) is 9.29. The molecule has 2 fully saturated rings. The molecule has 7 atom stereocenters. The Kier molecular flexibility index (Phi) is 13.6. The van der Waals surface area contributed by atoms with Crippen molar-refractivity contribution in [3.8, 4) is 0 Å². The fourth-order valence-electron chi connectivity index (χ4n) is 9.61. The first-order valence-corrected chi connectivity index (χ1v) is 20.8. The number of ketones is 2. The lowest BCUT2D eigenvalue weighted by atomic mass is 9.66. The van der Waals surface area contributed by atoms with Crippen LogP contribution in [0.4, 0.5) is 5.82 Å². The largest absolute Gasteiger partial charge is 0.459 e. The molecule has 1 saturated carbocycles. The summed E-state index contributed by atoms with van der Waals surface area (Å²) in [5.74, 6) is -0.0347. The van der Waals surface area contributed by atoms with Crippen LogP contribution in [0.3, 0.4) is 0 Å². The fourth-order valence-corrected chi connectivity index (χ4v) is 9.61. The summed E-state index contributed by atoms with van der Waals surface area (Å²) in [6.07, 6.45) is 12.1. The van der Waals surface area contributed by atoms with E-state index < -0.39 is 34.8 Å². The van der Waals surface area contributed by atoms with E-state index in [0.29, 0.717) is 61.7 Å². The second-order valence-corrected chi connectivity index (χ2v) is 16.7. The predicted molar refractivity (Wildman–Crippen MR) is 216 cm³/mol. The smallest absolute Gasteiger partial charge is 0.350 e. The number of aryl methyl sites for hydroxylation is 1. The highest BCUT2D eigenvalue weighted by molar-refractivity contribution is 6.33. The van der Waals surface area contributed by atoms with Gasteiger partial charge in [-0.3, -0.25) is 9.59 Å². The second-order valence-electron chi connectivity index (χ2n) is 16.7. The number of Topliss-reactive ketones (excluding diaryl/α,β-unsaturated/α-hetero) is 2. The van der Waals surface area contributed by atoms with Crippen LogP contribution < -0.4 is 16.0 Å². The maximum atomic E-state index is 15.0. The number of fused-ring (bicyclic) bond motifs is 3. The number of nitrogens with zero attached hydrogens (tertiary/aromatic N) is 1. The predicted octanol–water partition coefficient (Wildman–Crippen LogP) is 5.74. The molecule has 11 heteroatoms. The number of rotatable bonds is 19. The number of carbonyl (C=O) groups is 3. The Morgan fingerprint density at radius 2 is 1.96 bits per heavy atom. The van der Waals surface area contributed by atoms with E-state index in [0.717, 1.165) is 49.2 Å². The van der Waals surface area contributed by atoms with Crippen molar-refractivity contribution < 1.29 is 34.1 Å². The van der Waals surface area contributed by atoms with Crippen LogP contribution in [0.5, 0.6) is 0 Å². The van der Waals surface area contributed by atoms with Crippen molar-refractivity contribution in [3.05, 3.63) is 82.1 Å². The van der Waals surface area contributed by atoms with Crippen LogP contribution in [0.1, 0.15) is 111 Å². The van der Waals surface area contributed by atoms with Crippen LogP contribution in [-0.2, 0) is 27.1 Å². The summed E-state index contributed by atoms with van der Waals surface area (Å²) in [4.78, 5) is 49.2. The summed E-state index contributed by atoms with van der Waals surface area (Å²) in [5, 5.41) is 30.7. The van der Waals surface area contributed by atoms with Crippen LogP contribution in [0.25, 0.3) is 0 Å². The molecule has 1 aromatic carbocycles. The summed E-state index contributed by atoms with van der Waals surface area (Å²) in [5.41, 5.74) is -0.391. The average Bonchev–Trinajstić information content (AvgIpc) is 3.90. The zero-order valence-corrected chi connectivity index (χ0v) is 33.9. The van der Waals surface area contributed by atoms with Crippen LogP contribution >= 0.6 is 0 Å². The third-order valence-corrected chi connectivity index (χ3v) is 12.6. The Labute approximate surface area is 332 Å². The van der Waals surface area contributed by atoms with Crippen molar-refractivity contribution in [2.45, 2.75) is 115 Å². The van der Waals surface area contributed by atoms with E-state index in [2.05, 4.69) is 40.0 Å². The van der Waals surface area contributed by atoms with Gasteiger partial charge in [-0.2, -0.15) is 0 Å². The molecule has 0 spiro atoms. The first kappa shape index (κ1) is 41.9. The van der Waals surface area contributed by atoms with Crippen LogP contribution in [0, 0.1) is 23.7 Å². The molecule has 0 amide bonds. The highest BCUT2D eigenvalue weighted by Crippen LogP contribution is 2.60. The number of aliphatic hydroxyl groups is 2. The summed E-state index contributed by atoms with van der Waals surface area (Å²) >= 11 is 0. The number of allylic oxidation sites excluding steroid dienone is 3. The molecule has 2 heterocycles. The third kappa shape index (κ3) is 8.29. The molecule has 0 unspecified atom stereocenters. The number of epoxide rings is 1. The zero-order valence-electron chi connectivity index (χ0n) is 33.9. The van der Waals surface area contributed by atoms with Gasteiger partial charge in [0.25, 0.3) is 5.60 Å². The summed E-state index contributed by atoms with van der Waals surface area (Å²) in [7, 11) is 1.85. The van der Waals surface area contributed by atoms with Crippen LogP contribution in [-0.4, -0.2) is 89.6 Å². The number of anilines is 1. The molecule has 1 aromatic heterocycles. The van der Waals surface area contributed by atoms with E-state index in [4.69, 9.17) is 9.47 Å². The standard InChI is InChI=1S/C45H62N4O7/c1-6-47-37-24-32-12-8-7-11-31(32)23-36(37)38(15-10-20-50)55-43(54)45-42(53)40-33(21-28(2)3)13-9-14-35(40)41(52)44(45,56-45)25-34(26-51)29(4)16-17-30-18-19-48-39(22-30)49-27-46-5/h8-9,12-14,18-19,22,28,31-32,36-38,46-47,50-51H,6-7,10-11,15-17,20-21,23-27H2,1-5H3,(H,48,49)/b34-29-/t31-,32+,36-,37-,38-,44-,45-/m0/s1.